The minimum absolute atomic E-state index is 0.352. The van der Waals surface area contributed by atoms with E-state index in [0.717, 1.165) is 0 Å². The number of rotatable bonds is 4. The molecule has 2 aromatic rings. The van der Waals surface area contributed by atoms with Gasteiger partial charge in [-0.2, -0.15) is 0 Å². The van der Waals surface area contributed by atoms with Crippen molar-refractivity contribution in [3.63, 3.8) is 0 Å². The lowest BCUT2D eigenvalue weighted by molar-refractivity contribution is 0.396. The first-order valence-electron chi connectivity index (χ1n) is 5.41. The van der Waals surface area contributed by atoms with Gasteiger partial charge in [0.1, 0.15) is 17.3 Å². The third kappa shape index (κ3) is 2.97. The minimum Gasteiger partial charge on any atom is -0.495 e. The molecule has 0 amide bonds. The Labute approximate surface area is 115 Å². The number of benzene rings is 1. The Morgan fingerprint density at radius 3 is 2.42 bits per heavy atom. The molecule has 0 aliphatic carbocycles. The molecule has 0 unspecified atom stereocenters. The standard InChI is InChI=1S/C12H13ClN4O2/c1-18-9-6-10(19-2)8(5-7(9)13)15-12-4-3-11(14)16-17-12/h3-6H,1-2H3,(H2,14,16)(H,15,17). The van der Waals surface area contributed by atoms with Crippen LogP contribution in [0.4, 0.5) is 17.3 Å². The zero-order valence-corrected chi connectivity index (χ0v) is 11.2. The average molecular weight is 281 g/mol. The number of halogens is 1. The van der Waals surface area contributed by atoms with Gasteiger partial charge in [0.25, 0.3) is 0 Å². The van der Waals surface area contributed by atoms with Crippen molar-refractivity contribution in [3.05, 3.63) is 29.3 Å². The highest BCUT2D eigenvalue weighted by atomic mass is 35.5. The van der Waals surface area contributed by atoms with Crippen LogP contribution < -0.4 is 20.5 Å². The van der Waals surface area contributed by atoms with Gasteiger partial charge in [-0.15, -0.1) is 10.2 Å². The monoisotopic (exact) mass is 280 g/mol. The van der Waals surface area contributed by atoms with E-state index >= 15 is 0 Å². The van der Waals surface area contributed by atoms with Crippen LogP contribution in [0.2, 0.25) is 5.02 Å². The van der Waals surface area contributed by atoms with Crippen LogP contribution in [0, 0.1) is 0 Å². The molecule has 0 aliphatic rings. The summed E-state index contributed by atoms with van der Waals surface area (Å²) in [7, 11) is 3.10. The molecule has 0 spiro atoms. The van der Waals surface area contributed by atoms with E-state index in [9.17, 15) is 0 Å². The number of nitrogens with zero attached hydrogens (tertiary/aromatic N) is 2. The molecule has 100 valence electrons. The quantitative estimate of drug-likeness (QED) is 0.895. The molecule has 0 saturated heterocycles. The second-order valence-corrected chi connectivity index (χ2v) is 4.06. The number of nitrogen functional groups attached to an aromatic ring is 1. The molecular weight excluding hydrogens is 268 g/mol. The Morgan fingerprint density at radius 2 is 1.84 bits per heavy atom. The third-order valence-corrected chi connectivity index (χ3v) is 2.72. The van der Waals surface area contributed by atoms with E-state index in [4.69, 9.17) is 26.8 Å². The van der Waals surface area contributed by atoms with Gasteiger partial charge in [-0.1, -0.05) is 11.6 Å². The smallest absolute Gasteiger partial charge is 0.153 e. The first kappa shape index (κ1) is 13.2. The van der Waals surface area contributed by atoms with Gasteiger partial charge >= 0.3 is 0 Å². The fraction of sp³-hybridized carbons (Fsp3) is 0.167. The van der Waals surface area contributed by atoms with Gasteiger partial charge in [0, 0.05) is 6.07 Å². The molecule has 7 heteroatoms. The fourth-order valence-electron chi connectivity index (χ4n) is 1.50. The van der Waals surface area contributed by atoms with Crippen molar-refractivity contribution in [3.8, 4) is 11.5 Å². The molecule has 1 aromatic carbocycles. The first-order chi connectivity index (χ1) is 9.13. The zero-order chi connectivity index (χ0) is 13.8. The van der Waals surface area contributed by atoms with Crippen LogP contribution in [0.25, 0.3) is 0 Å². The summed E-state index contributed by atoms with van der Waals surface area (Å²) in [6.45, 7) is 0. The maximum absolute atomic E-state index is 6.07. The van der Waals surface area contributed by atoms with E-state index in [1.165, 1.54) is 0 Å². The van der Waals surface area contributed by atoms with Gasteiger partial charge in [0.2, 0.25) is 0 Å². The Morgan fingerprint density at radius 1 is 1.11 bits per heavy atom. The molecule has 0 radical (unpaired) electrons. The lowest BCUT2D eigenvalue weighted by Gasteiger charge is -2.13. The molecule has 0 fully saturated rings. The second-order valence-electron chi connectivity index (χ2n) is 3.66. The number of hydrogen-bond acceptors (Lipinski definition) is 6. The van der Waals surface area contributed by atoms with Crippen LogP contribution in [-0.2, 0) is 0 Å². The van der Waals surface area contributed by atoms with E-state index in [-0.39, 0.29) is 0 Å². The number of hydrogen-bond donors (Lipinski definition) is 2. The summed E-state index contributed by atoms with van der Waals surface area (Å²) >= 11 is 6.07. The normalized spacial score (nSPS) is 10.1. The van der Waals surface area contributed by atoms with E-state index in [2.05, 4.69) is 15.5 Å². The van der Waals surface area contributed by atoms with Crippen LogP contribution in [-0.4, -0.2) is 24.4 Å². The van der Waals surface area contributed by atoms with Gasteiger partial charge in [0.15, 0.2) is 5.82 Å². The fourth-order valence-corrected chi connectivity index (χ4v) is 1.75. The topological polar surface area (TPSA) is 82.3 Å². The summed E-state index contributed by atoms with van der Waals surface area (Å²) in [6.07, 6.45) is 0. The zero-order valence-electron chi connectivity index (χ0n) is 10.5. The van der Waals surface area contributed by atoms with Crippen molar-refractivity contribution >= 4 is 28.9 Å². The largest absolute Gasteiger partial charge is 0.495 e. The number of nitrogens with two attached hydrogens (primary N) is 1. The lowest BCUT2D eigenvalue weighted by Crippen LogP contribution is -2.00. The Balaban J connectivity index is 2.33. The molecule has 3 N–H and O–H groups in total. The van der Waals surface area contributed by atoms with Gasteiger partial charge in [-0.25, -0.2) is 0 Å². The summed E-state index contributed by atoms with van der Waals surface area (Å²) in [4.78, 5) is 0. The summed E-state index contributed by atoms with van der Waals surface area (Å²) in [5.74, 6) is 2.01. The van der Waals surface area contributed by atoms with Crippen LogP contribution in [0.3, 0.4) is 0 Å². The van der Waals surface area contributed by atoms with Crippen molar-refractivity contribution in [2.45, 2.75) is 0 Å². The molecule has 2 rings (SSSR count). The van der Waals surface area contributed by atoms with Crippen molar-refractivity contribution in [1.29, 1.82) is 0 Å². The van der Waals surface area contributed by atoms with Gasteiger partial charge in [-0.05, 0) is 18.2 Å². The molecule has 0 aliphatic heterocycles. The molecule has 0 saturated carbocycles. The Bertz CT molecular complexity index is 575. The summed E-state index contributed by atoms with van der Waals surface area (Å²) < 4.78 is 10.4. The summed E-state index contributed by atoms with van der Waals surface area (Å²) in [6, 6.07) is 6.74. The van der Waals surface area contributed by atoms with Crippen LogP contribution >= 0.6 is 11.6 Å². The molecule has 0 atom stereocenters. The third-order valence-electron chi connectivity index (χ3n) is 2.42. The van der Waals surface area contributed by atoms with Gasteiger partial charge in [-0.3, -0.25) is 0 Å². The second kappa shape index (κ2) is 5.62. The van der Waals surface area contributed by atoms with Crippen molar-refractivity contribution < 1.29 is 9.47 Å². The molecule has 6 nitrogen and oxygen atoms in total. The van der Waals surface area contributed by atoms with Crippen molar-refractivity contribution in [1.82, 2.24) is 10.2 Å². The Hall–Kier alpha value is -2.21. The highest BCUT2D eigenvalue weighted by Gasteiger charge is 2.10. The van der Waals surface area contributed by atoms with Gasteiger partial charge in [0.05, 0.1) is 24.9 Å². The summed E-state index contributed by atoms with van der Waals surface area (Å²) in [5.41, 5.74) is 6.13. The minimum atomic E-state index is 0.352. The van der Waals surface area contributed by atoms with E-state index in [1.807, 2.05) is 0 Å². The number of ether oxygens (including phenoxy) is 2. The predicted molar refractivity (Wildman–Crippen MR) is 74.3 cm³/mol. The van der Waals surface area contributed by atoms with Crippen LogP contribution in [0.5, 0.6) is 11.5 Å². The predicted octanol–water partition coefficient (Wildman–Crippen LogP) is 2.47. The molecular formula is C12H13ClN4O2. The first-order valence-corrected chi connectivity index (χ1v) is 5.79. The number of aromatic nitrogens is 2. The number of methoxy groups -OCH3 is 2. The Kier molecular flexibility index (Phi) is 3.91. The van der Waals surface area contributed by atoms with E-state index in [0.29, 0.717) is 33.8 Å². The van der Waals surface area contributed by atoms with Crippen LogP contribution in [0.1, 0.15) is 0 Å². The van der Waals surface area contributed by atoms with Crippen molar-refractivity contribution in [2.75, 3.05) is 25.3 Å². The van der Waals surface area contributed by atoms with Crippen LogP contribution in [0.15, 0.2) is 24.3 Å². The van der Waals surface area contributed by atoms with Gasteiger partial charge < -0.3 is 20.5 Å². The number of anilines is 3. The number of nitrogens with one attached hydrogen (secondary N) is 1. The maximum atomic E-state index is 6.07. The highest BCUT2D eigenvalue weighted by molar-refractivity contribution is 6.32. The maximum Gasteiger partial charge on any atom is 0.153 e. The van der Waals surface area contributed by atoms with E-state index < -0.39 is 0 Å². The molecule has 1 aromatic heterocycles. The molecule has 0 bridgehead atoms. The molecule has 1 heterocycles. The van der Waals surface area contributed by atoms with E-state index in [1.54, 1.807) is 38.5 Å². The highest BCUT2D eigenvalue weighted by Crippen LogP contribution is 2.36. The molecule has 19 heavy (non-hydrogen) atoms. The lowest BCUT2D eigenvalue weighted by atomic mass is 10.2. The van der Waals surface area contributed by atoms with Crippen molar-refractivity contribution in [2.24, 2.45) is 0 Å². The average Bonchev–Trinajstić information content (AvgIpc) is 2.42. The summed E-state index contributed by atoms with van der Waals surface area (Å²) in [5, 5.41) is 11.2. The SMILES string of the molecule is COc1cc(OC)c(Nc2ccc(N)nn2)cc1Cl.